The van der Waals surface area contributed by atoms with Crippen molar-refractivity contribution in [1.29, 1.82) is 0 Å². The molecule has 0 aliphatic carbocycles. The first-order chi connectivity index (χ1) is 7.00. The van der Waals surface area contributed by atoms with Crippen LogP contribution in [-0.4, -0.2) is 33.6 Å². The van der Waals surface area contributed by atoms with Gasteiger partial charge >= 0.3 is 5.97 Å². The predicted molar refractivity (Wildman–Crippen MR) is 56.9 cm³/mol. The Morgan fingerprint density at radius 1 is 1.47 bits per heavy atom. The van der Waals surface area contributed by atoms with Crippen molar-refractivity contribution in [3.63, 3.8) is 0 Å². The summed E-state index contributed by atoms with van der Waals surface area (Å²) in [7, 11) is 0. The molecule has 5 nitrogen and oxygen atoms in total. The summed E-state index contributed by atoms with van der Waals surface area (Å²) in [6, 6.07) is 0.0591. The second-order valence-corrected chi connectivity index (χ2v) is 3.68. The molecule has 15 heavy (non-hydrogen) atoms. The Hall–Kier alpha value is -1.65. The number of rotatable bonds is 4. The number of aliphatic carboxylic acids is 1. The smallest absolute Gasteiger partial charge is 0.323 e. The Kier molecular flexibility index (Phi) is 3.60. The van der Waals surface area contributed by atoms with Gasteiger partial charge in [0.05, 0.1) is 0 Å². The lowest BCUT2D eigenvalue weighted by Gasteiger charge is -2.24. The summed E-state index contributed by atoms with van der Waals surface area (Å²) in [5.41, 5.74) is 0.956. The molecule has 1 aromatic rings. The van der Waals surface area contributed by atoms with Crippen molar-refractivity contribution in [2.24, 2.45) is 0 Å². The molecule has 0 amide bonds. The van der Waals surface area contributed by atoms with Gasteiger partial charge in [0.2, 0.25) is 5.95 Å². The van der Waals surface area contributed by atoms with Crippen molar-refractivity contribution >= 4 is 11.9 Å². The van der Waals surface area contributed by atoms with E-state index in [0.29, 0.717) is 5.95 Å². The molecule has 0 aliphatic rings. The van der Waals surface area contributed by atoms with Gasteiger partial charge in [0.1, 0.15) is 6.54 Å². The zero-order chi connectivity index (χ0) is 11.4. The van der Waals surface area contributed by atoms with Gasteiger partial charge in [-0.15, -0.1) is 0 Å². The Balaban J connectivity index is 2.88. The maximum Gasteiger partial charge on any atom is 0.323 e. The van der Waals surface area contributed by atoms with Crippen molar-refractivity contribution in [3.05, 3.63) is 18.0 Å². The summed E-state index contributed by atoms with van der Waals surface area (Å²) in [5.74, 6) is -0.425. The third-order valence-corrected chi connectivity index (χ3v) is 1.95. The molecule has 0 unspecified atom stereocenters. The van der Waals surface area contributed by atoms with Crippen molar-refractivity contribution in [3.8, 4) is 0 Å². The van der Waals surface area contributed by atoms with Crippen LogP contribution >= 0.6 is 0 Å². The SMILES string of the molecule is Cc1cnc(N(CC(=O)O)C(C)C)nc1. The van der Waals surface area contributed by atoms with Gasteiger partial charge in [-0.25, -0.2) is 9.97 Å². The average molecular weight is 209 g/mol. The summed E-state index contributed by atoms with van der Waals surface area (Å²) in [5, 5.41) is 8.75. The van der Waals surface area contributed by atoms with Crippen LogP contribution in [0.5, 0.6) is 0 Å². The molecule has 82 valence electrons. The number of anilines is 1. The molecule has 0 bridgehead atoms. The minimum absolute atomic E-state index is 0.0591. The average Bonchev–Trinajstić information content (AvgIpc) is 2.15. The molecule has 0 aliphatic heterocycles. The minimum Gasteiger partial charge on any atom is -0.480 e. The van der Waals surface area contributed by atoms with Crippen LogP contribution in [0, 0.1) is 6.92 Å². The van der Waals surface area contributed by atoms with E-state index in [-0.39, 0.29) is 12.6 Å². The minimum atomic E-state index is -0.882. The fourth-order valence-corrected chi connectivity index (χ4v) is 1.16. The molecule has 0 spiro atoms. The van der Waals surface area contributed by atoms with Crippen LogP contribution in [0.25, 0.3) is 0 Å². The van der Waals surface area contributed by atoms with Gasteiger partial charge in [-0.1, -0.05) is 0 Å². The zero-order valence-electron chi connectivity index (χ0n) is 9.14. The number of aromatic nitrogens is 2. The van der Waals surface area contributed by atoms with Crippen LogP contribution in [0.1, 0.15) is 19.4 Å². The lowest BCUT2D eigenvalue weighted by atomic mass is 10.3. The molecule has 0 saturated carbocycles. The van der Waals surface area contributed by atoms with E-state index < -0.39 is 5.97 Å². The number of hydrogen-bond donors (Lipinski definition) is 1. The van der Waals surface area contributed by atoms with Gasteiger partial charge in [0.15, 0.2) is 0 Å². The Labute approximate surface area is 88.8 Å². The lowest BCUT2D eigenvalue weighted by Crippen LogP contribution is -2.36. The Morgan fingerprint density at radius 3 is 2.40 bits per heavy atom. The number of carbonyl (C=O) groups is 1. The molecule has 0 fully saturated rings. The van der Waals surface area contributed by atoms with E-state index in [1.807, 2.05) is 20.8 Å². The highest BCUT2D eigenvalue weighted by Gasteiger charge is 2.16. The highest BCUT2D eigenvalue weighted by molar-refractivity contribution is 5.72. The second kappa shape index (κ2) is 4.72. The van der Waals surface area contributed by atoms with Crippen molar-refractivity contribution in [2.75, 3.05) is 11.4 Å². The molecule has 0 aromatic carbocycles. The molecule has 5 heteroatoms. The van der Waals surface area contributed by atoms with Gasteiger partial charge in [-0.2, -0.15) is 0 Å². The monoisotopic (exact) mass is 209 g/mol. The van der Waals surface area contributed by atoms with Gasteiger partial charge < -0.3 is 10.0 Å². The van der Waals surface area contributed by atoms with Crippen LogP contribution in [0.4, 0.5) is 5.95 Å². The molecular formula is C10H15N3O2. The third-order valence-electron chi connectivity index (χ3n) is 1.95. The molecule has 1 N–H and O–H groups in total. The summed E-state index contributed by atoms with van der Waals surface area (Å²) >= 11 is 0. The fourth-order valence-electron chi connectivity index (χ4n) is 1.16. The number of aryl methyl sites for hydroxylation is 1. The number of nitrogens with zero attached hydrogens (tertiary/aromatic N) is 3. The topological polar surface area (TPSA) is 66.3 Å². The van der Waals surface area contributed by atoms with Crippen LogP contribution in [0.3, 0.4) is 0 Å². The van der Waals surface area contributed by atoms with Crippen molar-refractivity contribution in [1.82, 2.24) is 9.97 Å². The molecule has 1 aromatic heterocycles. The van der Waals surface area contributed by atoms with E-state index >= 15 is 0 Å². The first-order valence-corrected chi connectivity index (χ1v) is 4.77. The predicted octanol–water partition coefficient (Wildman–Crippen LogP) is 1.08. The first-order valence-electron chi connectivity index (χ1n) is 4.77. The van der Waals surface area contributed by atoms with Gasteiger partial charge in [0.25, 0.3) is 0 Å². The maximum atomic E-state index is 10.7. The fraction of sp³-hybridized carbons (Fsp3) is 0.500. The third kappa shape index (κ3) is 3.19. The van der Waals surface area contributed by atoms with E-state index in [1.165, 1.54) is 0 Å². The first kappa shape index (κ1) is 11.4. The number of carboxylic acid groups (broad SMARTS) is 1. The molecule has 0 radical (unpaired) electrons. The molecular weight excluding hydrogens is 194 g/mol. The maximum absolute atomic E-state index is 10.7. The van der Waals surface area contributed by atoms with E-state index in [4.69, 9.17) is 5.11 Å². The molecule has 1 rings (SSSR count). The van der Waals surface area contributed by atoms with Crippen molar-refractivity contribution in [2.45, 2.75) is 26.8 Å². The van der Waals surface area contributed by atoms with Crippen LogP contribution in [0.2, 0.25) is 0 Å². The quantitative estimate of drug-likeness (QED) is 0.803. The highest BCUT2D eigenvalue weighted by atomic mass is 16.4. The van der Waals surface area contributed by atoms with Crippen molar-refractivity contribution < 1.29 is 9.90 Å². The Morgan fingerprint density at radius 2 is 2.00 bits per heavy atom. The largest absolute Gasteiger partial charge is 0.480 e. The highest BCUT2D eigenvalue weighted by Crippen LogP contribution is 2.10. The van der Waals surface area contributed by atoms with Gasteiger partial charge in [-0.05, 0) is 26.3 Å². The summed E-state index contributed by atoms with van der Waals surface area (Å²) in [4.78, 5) is 20.5. The van der Waals surface area contributed by atoms with E-state index in [1.54, 1.807) is 17.3 Å². The van der Waals surface area contributed by atoms with E-state index in [0.717, 1.165) is 5.56 Å². The summed E-state index contributed by atoms with van der Waals surface area (Å²) in [6.45, 7) is 5.62. The van der Waals surface area contributed by atoms with E-state index in [2.05, 4.69) is 9.97 Å². The van der Waals surface area contributed by atoms with Crippen LogP contribution in [-0.2, 0) is 4.79 Å². The standard InChI is InChI=1S/C10H15N3O2/c1-7(2)13(6-9(14)15)10-11-4-8(3)5-12-10/h4-5,7H,6H2,1-3H3,(H,14,15). The zero-order valence-corrected chi connectivity index (χ0v) is 9.14. The molecule has 0 atom stereocenters. The van der Waals surface area contributed by atoms with Crippen LogP contribution in [0.15, 0.2) is 12.4 Å². The van der Waals surface area contributed by atoms with Gasteiger partial charge in [-0.3, -0.25) is 4.79 Å². The van der Waals surface area contributed by atoms with Gasteiger partial charge in [0, 0.05) is 18.4 Å². The normalized spacial score (nSPS) is 10.4. The number of carboxylic acids is 1. The molecule has 1 heterocycles. The van der Waals surface area contributed by atoms with E-state index in [9.17, 15) is 4.79 Å². The van der Waals surface area contributed by atoms with Crippen LogP contribution < -0.4 is 4.90 Å². The lowest BCUT2D eigenvalue weighted by molar-refractivity contribution is -0.135. The second-order valence-electron chi connectivity index (χ2n) is 3.68. The number of hydrogen-bond acceptors (Lipinski definition) is 4. The Bertz CT molecular complexity index is 335. The summed E-state index contributed by atoms with van der Waals surface area (Å²) < 4.78 is 0. The molecule has 0 saturated heterocycles. The summed E-state index contributed by atoms with van der Waals surface area (Å²) in [6.07, 6.45) is 3.36.